The molecule has 0 saturated carbocycles. The molecule has 1 aliphatic heterocycles. The highest BCUT2D eigenvalue weighted by molar-refractivity contribution is 6.31. The van der Waals surface area contributed by atoms with Crippen LogP contribution in [0.15, 0.2) is 42.5 Å². The first-order chi connectivity index (χ1) is 12.5. The van der Waals surface area contributed by atoms with Gasteiger partial charge in [-0.2, -0.15) is 0 Å². The number of halogens is 2. The van der Waals surface area contributed by atoms with Crippen molar-refractivity contribution in [1.82, 2.24) is 4.90 Å². The summed E-state index contributed by atoms with van der Waals surface area (Å²) in [5, 5.41) is 2.64. The summed E-state index contributed by atoms with van der Waals surface area (Å²) in [6.45, 7) is 0.458. The molecular weight excluding hydrogens is 359 g/mol. The highest BCUT2D eigenvalue weighted by Crippen LogP contribution is 2.33. The van der Waals surface area contributed by atoms with E-state index in [1.165, 1.54) is 25.3 Å². The van der Waals surface area contributed by atoms with Gasteiger partial charge in [0.25, 0.3) is 0 Å². The smallest absolute Gasteiger partial charge is 0.322 e. The van der Waals surface area contributed by atoms with Crippen LogP contribution in [0, 0.1) is 5.82 Å². The highest BCUT2D eigenvalue weighted by atomic mass is 35.5. The van der Waals surface area contributed by atoms with E-state index in [0.29, 0.717) is 18.7 Å². The minimum atomic E-state index is -0.555. The molecule has 0 aromatic heterocycles. The number of ether oxygens (including phenoxy) is 1. The predicted octanol–water partition coefficient (Wildman–Crippen LogP) is 4.17. The van der Waals surface area contributed by atoms with E-state index in [-0.39, 0.29) is 17.5 Å². The Hall–Kier alpha value is -2.60. The van der Waals surface area contributed by atoms with Crippen LogP contribution in [0.1, 0.15) is 23.6 Å². The number of rotatable bonds is 3. The first-order valence-electron chi connectivity index (χ1n) is 8.17. The standard InChI is InChI=1S/C19H18ClFN2O3/c1-26-18(24)11-17-14-5-3-2-4-12(14)8-9-23(17)19(25)22-13-6-7-16(21)15(20)10-13/h2-7,10,17H,8-9,11H2,1H3,(H,22,25). The van der Waals surface area contributed by atoms with E-state index in [1.54, 1.807) is 4.90 Å². The number of fused-ring (bicyclic) bond motifs is 1. The molecule has 1 aliphatic rings. The molecule has 1 N–H and O–H groups in total. The zero-order valence-corrected chi connectivity index (χ0v) is 14.9. The number of benzene rings is 2. The number of nitrogens with zero attached hydrogens (tertiary/aromatic N) is 1. The molecule has 1 heterocycles. The molecule has 3 rings (SSSR count). The molecule has 2 aromatic rings. The third kappa shape index (κ3) is 3.80. The molecular formula is C19H18ClFN2O3. The van der Waals surface area contributed by atoms with Gasteiger partial charge in [0.1, 0.15) is 5.82 Å². The van der Waals surface area contributed by atoms with Crippen molar-refractivity contribution in [2.45, 2.75) is 18.9 Å². The number of amides is 2. The normalized spacial score (nSPS) is 16.0. The highest BCUT2D eigenvalue weighted by Gasteiger charge is 2.32. The monoisotopic (exact) mass is 376 g/mol. The van der Waals surface area contributed by atoms with Crippen LogP contribution in [0.2, 0.25) is 5.02 Å². The second-order valence-corrected chi connectivity index (χ2v) is 6.40. The number of anilines is 1. The summed E-state index contributed by atoms with van der Waals surface area (Å²) in [7, 11) is 1.32. The van der Waals surface area contributed by atoms with Crippen molar-refractivity contribution < 1.29 is 18.7 Å². The van der Waals surface area contributed by atoms with Gasteiger partial charge in [0.05, 0.1) is 24.6 Å². The Morgan fingerprint density at radius 2 is 2.08 bits per heavy atom. The van der Waals surface area contributed by atoms with Crippen molar-refractivity contribution >= 4 is 29.3 Å². The molecule has 1 atom stereocenters. The molecule has 2 aromatic carbocycles. The molecule has 5 nitrogen and oxygen atoms in total. The summed E-state index contributed by atoms with van der Waals surface area (Å²) in [6, 6.07) is 10.9. The number of carbonyl (C=O) groups excluding carboxylic acids is 2. The summed E-state index contributed by atoms with van der Waals surface area (Å²) in [6.07, 6.45) is 0.747. The van der Waals surface area contributed by atoms with Crippen LogP contribution in [0.25, 0.3) is 0 Å². The van der Waals surface area contributed by atoms with Crippen LogP contribution in [0.4, 0.5) is 14.9 Å². The second kappa shape index (κ2) is 7.74. The average molecular weight is 377 g/mol. The van der Waals surface area contributed by atoms with Gasteiger partial charge >= 0.3 is 12.0 Å². The van der Waals surface area contributed by atoms with Gasteiger partial charge in [0, 0.05) is 12.2 Å². The van der Waals surface area contributed by atoms with E-state index in [2.05, 4.69) is 5.32 Å². The maximum atomic E-state index is 13.3. The third-order valence-electron chi connectivity index (χ3n) is 4.43. The average Bonchev–Trinajstić information content (AvgIpc) is 2.64. The van der Waals surface area contributed by atoms with Gasteiger partial charge in [-0.25, -0.2) is 9.18 Å². The third-order valence-corrected chi connectivity index (χ3v) is 4.72. The molecule has 0 fully saturated rings. The number of nitrogens with one attached hydrogen (secondary N) is 1. The Kier molecular flexibility index (Phi) is 5.42. The first-order valence-corrected chi connectivity index (χ1v) is 8.54. The summed E-state index contributed by atoms with van der Waals surface area (Å²) < 4.78 is 18.1. The SMILES string of the molecule is COC(=O)CC1c2ccccc2CCN1C(=O)Nc1ccc(F)c(Cl)c1. The molecule has 136 valence electrons. The van der Waals surface area contributed by atoms with Gasteiger partial charge in [0.2, 0.25) is 0 Å². The van der Waals surface area contributed by atoms with Gasteiger partial charge in [-0.05, 0) is 35.7 Å². The van der Waals surface area contributed by atoms with Gasteiger partial charge in [-0.15, -0.1) is 0 Å². The van der Waals surface area contributed by atoms with Crippen LogP contribution in [0.3, 0.4) is 0 Å². The topological polar surface area (TPSA) is 58.6 Å². The van der Waals surface area contributed by atoms with Crippen molar-refractivity contribution in [1.29, 1.82) is 0 Å². The molecule has 0 bridgehead atoms. The number of esters is 1. The van der Waals surface area contributed by atoms with Crippen LogP contribution in [-0.2, 0) is 16.0 Å². The van der Waals surface area contributed by atoms with Gasteiger partial charge in [-0.1, -0.05) is 35.9 Å². The number of hydrogen-bond donors (Lipinski definition) is 1. The molecule has 0 spiro atoms. The Bertz CT molecular complexity index is 843. The molecule has 7 heteroatoms. The van der Waals surface area contributed by atoms with Crippen molar-refractivity contribution in [3.63, 3.8) is 0 Å². The predicted molar refractivity (Wildman–Crippen MR) is 96.7 cm³/mol. The number of urea groups is 1. The minimum absolute atomic E-state index is 0.0606. The van der Waals surface area contributed by atoms with Crippen LogP contribution in [0.5, 0.6) is 0 Å². The van der Waals surface area contributed by atoms with Crippen LogP contribution >= 0.6 is 11.6 Å². The number of hydrogen-bond acceptors (Lipinski definition) is 3. The van der Waals surface area contributed by atoms with Gasteiger partial charge in [0.15, 0.2) is 0 Å². The molecule has 0 saturated heterocycles. The maximum absolute atomic E-state index is 13.3. The maximum Gasteiger partial charge on any atom is 0.322 e. The minimum Gasteiger partial charge on any atom is -0.469 e. The summed E-state index contributed by atoms with van der Waals surface area (Å²) in [5.41, 5.74) is 2.42. The lowest BCUT2D eigenvalue weighted by Gasteiger charge is -2.36. The lowest BCUT2D eigenvalue weighted by Crippen LogP contribution is -2.43. The van der Waals surface area contributed by atoms with E-state index in [9.17, 15) is 14.0 Å². The number of methoxy groups -OCH3 is 1. The van der Waals surface area contributed by atoms with Crippen molar-refractivity contribution in [3.05, 3.63) is 64.4 Å². The van der Waals surface area contributed by atoms with E-state index in [4.69, 9.17) is 16.3 Å². The zero-order chi connectivity index (χ0) is 18.7. The lowest BCUT2D eigenvalue weighted by molar-refractivity contribution is -0.141. The summed E-state index contributed by atoms with van der Waals surface area (Å²) in [5.74, 6) is -0.950. The van der Waals surface area contributed by atoms with E-state index in [1.807, 2.05) is 24.3 Å². The molecule has 1 unspecified atom stereocenters. The van der Waals surface area contributed by atoms with Crippen LogP contribution in [-0.4, -0.2) is 30.6 Å². The van der Waals surface area contributed by atoms with Crippen LogP contribution < -0.4 is 5.32 Å². The summed E-state index contributed by atoms with van der Waals surface area (Å²) in [4.78, 5) is 26.2. The van der Waals surface area contributed by atoms with Crippen molar-refractivity contribution in [2.24, 2.45) is 0 Å². The number of carbonyl (C=O) groups is 2. The van der Waals surface area contributed by atoms with Crippen molar-refractivity contribution in [2.75, 3.05) is 19.0 Å². The quantitative estimate of drug-likeness (QED) is 0.818. The van der Waals surface area contributed by atoms with Crippen molar-refractivity contribution in [3.8, 4) is 0 Å². The van der Waals surface area contributed by atoms with E-state index in [0.717, 1.165) is 11.1 Å². The Labute approximate surface area is 155 Å². The Morgan fingerprint density at radius 3 is 2.81 bits per heavy atom. The molecule has 2 amide bonds. The zero-order valence-electron chi connectivity index (χ0n) is 14.2. The fourth-order valence-corrected chi connectivity index (χ4v) is 3.31. The largest absolute Gasteiger partial charge is 0.469 e. The lowest BCUT2D eigenvalue weighted by atomic mass is 9.91. The van der Waals surface area contributed by atoms with E-state index < -0.39 is 17.8 Å². The molecule has 0 radical (unpaired) electrons. The second-order valence-electron chi connectivity index (χ2n) is 6.00. The van der Waals surface area contributed by atoms with E-state index >= 15 is 0 Å². The molecule has 26 heavy (non-hydrogen) atoms. The fraction of sp³-hybridized carbons (Fsp3) is 0.263. The van der Waals surface area contributed by atoms with Gasteiger partial charge < -0.3 is 15.0 Å². The Morgan fingerprint density at radius 1 is 1.31 bits per heavy atom. The summed E-state index contributed by atoms with van der Waals surface area (Å²) >= 11 is 5.77. The molecule has 0 aliphatic carbocycles. The Balaban J connectivity index is 1.85. The first kappa shape index (κ1) is 18.2. The van der Waals surface area contributed by atoms with Gasteiger partial charge in [-0.3, -0.25) is 4.79 Å². The fourth-order valence-electron chi connectivity index (χ4n) is 3.13.